The van der Waals surface area contributed by atoms with Crippen LogP contribution in [0.1, 0.15) is 73.6 Å². The van der Waals surface area contributed by atoms with Crippen molar-refractivity contribution in [1.82, 2.24) is 25.0 Å². The first kappa shape index (κ1) is 31.9. The number of fused-ring (bicyclic) bond motifs is 3. The van der Waals surface area contributed by atoms with E-state index in [0.717, 1.165) is 83.6 Å². The zero-order chi connectivity index (χ0) is 32.2. The van der Waals surface area contributed by atoms with Crippen LogP contribution in [0.15, 0.2) is 24.3 Å². The van der Waals surface area contributed by atoms with Crippen molar-refractivity contribution in [3.05, 3.63) is 45.8 Å². The van der Waals surface area contributed by atoms with Gasteiger partial charge in [-0.1, -0.05) is 31.0 Å². The number of hydrogen-bond donors (Lipinski definition) is 2. The first-order valence-electron chi connectivity index (χ1n) is 17.4. The summed E-state index contributed by atoms with van der Waals surface area (Å²) in [5.41, 5.74) is 6.07. The topological polar surface area (TPSA) is 80.9 Å². The average Bonchev–Trinajstić information content (AvgIpc) is 3.84. The number of methoxy groups -OCH3 is 1. The number of piperazine rings is 1. The van der Waals surface area contributed by atoms with Gasteiger partial charge in [0.1, 0.15) is 4.83 Å². The lowest BCUT2D eigenvalue weighted by Crippen LogP contribution is -2.50. The van der Waals surface area contributed by atoms with Gasteiger partial charge < -0.3 is 19.9 Å². The van der Waals surface area contributed by atoms with Gasteiger partial charge in [0.25, 0.3) is 0 Å². The van der Waals surface area contributed by atoms with E-state index in [4.69, 9.17) is 4.74 Å². The largest absolute Gasteiger partial charge is 0.375 e. The fraction of sp³-hybridized carbons (Fsp3) is 0.622. The lowest BCUT2D eigenvalue weighted by atomic mass is 9.78. The van der Waals surface area contributed by atoms with Crippen LogP contribution in [-0.2, 0) is 19.7 Å². The minimum atomic E-state index is -0.0968. The molecule has 2 bridgehead atoms. The highest BCUT2D eigenvalue weighted by Crippen LogP contribution is 2.48. The van der Waals surface area contributed by atoms with Crippen molar-refractivity contribution in [2.45, 2.75) is 77.4 Å². The fourth-order valence-corrected chi connectivity index (χ4v) is 9.94. The Morgan fingerprint density at radius 1 is 1.00 bits per heavy atom. The number of aromatic amines is 1. The summed E-state index contributed by atoms with van der Waals surface area (Å²) in [6, 6.07) is 9.54. The second-order valence-corrected chi connectivity index (χ2v) is 16.1. The van der Waals surface area contributed by atoms with Crippen LogP contribution in [0.5, 0.6) is 0 Å². The molecule has 248 valence electrons. The number of likely N-dealkylation sites (tertiary alicyclic amines) is 1. The van der Waals surface area contributed by atoms with E-state index >= 15 is 0 Å². The summed E-state index contributed by atoms with van der Waals surface area (Å²) in [6.07, 6.45) is 5.34. The summed E-state index contributed by atoms with van der Waals surface area (Å²) in [4.78, 5) is 38.5. The number of carbonyl (C=O) groups is 2. The number of thiophene rings is 1. The Bertz CT molecular complexity index is 1580. The highest BCUT2D eigenvalue weighted by molar-refractivity contribution is 7.18. The molecule has 4 atom stereocenters. The van der Waals surface area contributed by atoms with E-state index in [2.05, 4.69) is 72.1 Å². The molecular weight excluding hydrogens is 595 g/mol. The van der Waals surface area contributed by atoms with E-state index in [1.165, 1.54) is 37.3 Å². The van der Waals surface area contributed by atoms with E-state index in [1.54, 1.807) is 0 Å². The van der Waals surface area contributed by atoms with Crippen LogP contribution in [0, 0.1) is 25.7 Å². The van der Waals surface area contributed by atoms with Gasteiger partial charge in [0.2, 0.25) is 11.8 Å². The molecule has 3 aliphatic heterocycles. The molecule has 7 rings (SSSR count). The van der Waals surface area contributed by atoms with E-state index < -0.39 is 0 Å². The lowest BCUT2D eigenvalue weighted by Gasteiger charge is -2.36. The van der Waals surface area contributed by atoms with Crippen LogP contribution in [-0.4, -0.2) is 97.0 Å². The SMILES string of the molecule is COC(CN1CCN(CC(=O)N2CCCC2)CC1)c1c(-c2cc(C)cc(C)c2)[nH]c2sc(C(C)(C)CC3C4CCC3C(=O)N4)cc12. The van der Waals surface area contributed by atoms with Gasteiger partial charge in [-0.05, 0) is 81.0 Å². The van der Waals surface area contributed by atoms with Gasteiger partial charge in [0, 0.05) is 80.7 Å². The maximum atomic E-state index is 12.8. The lowest BCUT2D eigenvalue weighted by molar-refractivity contribution is -0.131. The molecule has 8 nitrogen and oxygen atoms in total. The van der Waals surface area contributed by atoms with Crippen molar-refractivity contribution < 1.29 is 14.3 Å². The number of amides is 2. The normalized spacial score (nSPS) is 24.8. The minimum absolute atomic E-state index is 0.0366. The maximum absolute atomic E-state index is 12.8. The first-order chi connectivity index (χ1) is 22.1. The van der Waals surface area contributed by atoms with Crippen molar-refractivity contribution in [3.8, 4) is 11.3 Å². The molecule has 2 aromatic heterocycles. The number of aromatic nitrogens is 1. The monoisotopic (exact) mass is 645 g/mol. The summed E-state index contributed by atoms with van der Waals surface area (Å²) < 4.78 is 6.36. The highest BCUT2D eigenvalue weighted by atomic mass is 32.1. The summed E-state index contributed by atoms with van der Waals surface area (Å²) in [6.45, 7) is 15.9. The van der Waals surface area contributed by atoms with Gasteiger partial charge >= 0.3 is 0 Å². The van der Waals surface area contributed by atoms with Gasteiger partial charge in [-0.2, -0.15) is 0 Å². The number of ether oxygens (including phenoxy) is 1. The number of nitrogens with one attached hydrogen (secondary N) is 2. The second-order valence-electron chi connectivity index (χ2n) is 15.1. The number of H-pyrrole nitrogens is 1. The average molecular weight is 646 g/mol. The number of aryl methyl sites for hydroxylation is 2. The Balaban J connectivity index is 1.14. The molecule has 4 unspecified atom stereocenters. The smallest absolute Gasteiger partial charge is 0.236 e. The Labute approximate surface area is 277 Å². The zero-order valence-electron chi connectivity index (χ0n) is 28.3. The van der Waals surface area contributed by atoms with Crippen molar-refractivity contribution in [2.24, 2.45) is 11.8 Å². The Morgan fingerprint density at radius 2 is 1.70 bits per heavy atom. The molecule has 0 radical (unpaired) electrons. The maximum Gasteiger partial charge on any atom is 0.236 e. The molecule has 1 saturated carbocycles. The van der Waals surface area contributed by atoms with Crippen molar-refractivity contribution >= 4 is 33.4 Å². The first-order valence-corrected chi connectivity index (χ1v) is 18.2. The van der Waals surface area contributed by atoms with E-state index in [9.17, 15) is 9.59 Å². The third-order valence-corrected chi connectivity index (χ3v) is 12.7. The number of piperidine rings is 1. The van der Waals surface area contributed by atoms with Crippen LogP contribution < -0.4 is 5.32 Å². The molecule has 2 amide bonds. The number of hydrogen-bond acceptors (Lipinski definition) is 6. The Morgan fingerprint density at radius 3 is 2.33 bits per heavy atom. The van der Waals surface area contributed by atoms with Crippen LogP contribution in [0.25, 0.3) is 21.5 Å². The summed E-state index contributed by atoms with van der Waals surface area (Å²) in [5, 5.41) is 4.50. The summed E-state index contributed by atoms with van der Waals surface area (Å²) in [5.74, 6) is 1.15. The molecule has 1 aliphatic carbocycles. The molecule has 3 aromatic rings. The third kappa shape index (κ3) is 6.16. The van der Waals surface area contributed by atoms with Gasteiger partial charge in [0.05, 0.1) is 18.3 Å². The third-order valence-electron chi connectivity index (χ3n) is 11.3. The molecule has 1 aromatic carbocycles. The van der Waals surface area contributed by atoms with E-state index in [1.807, 2.05) is 23.3 Å². The zero-order valence-corrected chi connectivity index (χ0v) is 29.1. The highest BCUT2D eigenvalue weighted by Gasteiger charge is 2.49. The van der Waals surface area contributed by atoms with Crippen LogP contribution in [0.2, 0.25) is 0 Å². The van der Waals surface area contributed by atoms with Crippen LogP contribution in [0.3, 0.4) is 0 Å². The predicted molar refractivity (Wildman–Crippen MR) is 185 cm³/mol. The number of rotatable bonds is 10. The minimum Gasteiger partial charge on any atom is -0.375 e. The second kappa shape index (κ2) is 12.7. The van der Waals surface area contributed by atoms with E-state index in [0.29, 0.717) is 18.5 Å². The number of carbonyl (C=O) groups excluding carboxylic acids is 2. The predicted octanol–water partition coefficient (Wildman–Crippen LogP) is 5.63. The molecule has 4 fully saturated rings. The quantitative estimate of drug-likeness (QED) is 0.299. The Kier molecular flexibility index (Phi) is 8.80. The standard InChI is InChI=1S/C37H51N5O3S/c1-23-16-24(2)18-25(17-23)34-33(30(45-5)21-40-12-14-41(15-13-40)22-32(43)42-10-6-7-11-42)27-19-31(46-36(27)39-34)37(3,4)20-28-26-8-9-29(28)38-35(26)44/h16-19,26,28-30,39H,6-15,20-22H2,1-5H3,(H,38,44). The molecule has 2 N–H and O–H groups in total. The van der Waals surface area contributed by atoms with E-state index in [-0.39, 0.29) is 29.3 Å². The van der Waals surface area contributed by atoms with Gasteiger partial charge in [-0.25, -0.2) is 0 Å². The van der Waals surface area contributed by atoms with Crippen molar-refractivity contribution in [1.29, 1.82) is 0 Å². The molecule has 4 aliphatic rings. The van der Waals surface area contributed by atoms with Gasteiger partial charge in [-0.15, -0.1) is 11.3 Å². The fourth-order valence-electron chi connectivity index (χ4n) is 8.76. The van der Waals surface area contributed by atoms with Crippen molar-refractivity contribution in [2.75, 3.05) is 59.5 Å². The summed E-state index contributed by atoms with van der Waals surface area (Å²) in [7, 11) is 1.84. The van der Waals surface area contributed by atoms with Gasteiger partial charge in [0.15, 0.2) is 0 Å². The molecule has 9 heteroatoms. The summed E-state index contributed by atoms with van der Waals surface area (Å²) >= 11 is 1.87. The molecule has 46 heavy (non-hydrogen) atoms. The Hall–Kier alpha value is -2.72. The van der Waals surface area contributed by atoms with Crippen molar-refractivity contribution in [3.63, 3.8) is 0 Å². The van der Waals surface area contributed by atoms with Crippen LogP contribution in [0.4, 0.5) is 0 Å². The number of nitrogens with zero attached hydrogens (tertiary/aromatic N) is 3. The molecular formula is C37H51N5O3S. The number of benzene rings is 1. The molecule has 0 spiro atoms. The van der Waals surface area contributed by atoms with Crippen LogP contribution >= 0.6 is 11.3 Å². The molecule has 3 saturated heterocycles. The van der Waals surface area contributed by atoms with Gasteiger partial charge in [-0.3, -0.25) is 19.4 Å². The molecule has 5 heterocycles.